The number of ether oxygens (including phenoxy) is 1. The predicted molar refractivity (Wildman–Crippen MR) is 118 cm³/mol. The van der Waals surface area contributed by atoms with Crippen molar-refractivity contribution in [1.29, 1.82) is 0 Å². The van der Waals surface area contributed by atoms with Crippen molar-refractivity contribution >= 4 is 34.2 Å². The van der Waals surface area contributed by atoms with Crippen molar-refractivity contribution < 1.29 is 19.1 Å². The molecule has 3 aromatic carbocycles. The summed E-state index contributed by atoms with van der Waals surface area (Å²) in [6.07, 6.45) is 1.72. The Morgan fingerprint density at radius 1 is 0.903 bits per heavy atom. The molecule has 158 valence electrons. The van der Waals surface area contributed by atoms with Gasteiger partial charge in [0.05, 0.1) is 17.9 Å². The predicted octanol–water partition coefficient (Wildman–Crippen LogP) is 3.66. The minimum atomic E-state index is -0.517. The van der Waals surface area contributed by atoms with Crippen LogP contribution in [-0.4, -0.2) is 24.3 Å². The lowest BCUT2D eigenvalue weighted by Crippen LogP contribution is -2.42. The van der Waals surface area contributed by atoms with Gasteiger partial charge in [-0.2, -0.15) is 0 Å². The van der Waals surface area contributed by atoms with E-state index in [0.717, 1.165) is 23.6 Å². The first-order valence-corrected chi connectivity index (χ1v) is 10.2. The molecule has 31 heavy (non-hydrogen) atoms. The first-order valence-electron chi connectivity index (χ1n) is 10.2. The zero-order valence-electron chi connectivity index (χ0n) is 17.1. The number of hydrazine groups is 1. The first kappa shape index (κ1) is 20.4. The summed E-state index contributed by atoms with van der Waals surface area (Å²) >= 11 is 0. The van der Waals surface area contributed by atoms with Gasteiger partial charge in [0.2, 0.25) is 5.91 Å². The summed E-state index contributed by atoms with van der Waals surface area (Å²) in [5.41, 5.74) is 5.94. The molecule has 0 saturated heterocycles. The summed E-state index contributed by atoms with van der Waals surface area (Å²) < 4.78 is 5.36. The van der Waals surface area contributed by atoms with E-state index < -0.39 is 11.8 Å². The quantitative estimate of drug-likeness (QED) is 0.533. The Hall–Kier alpha value is -3.87. The third-order valence-electron chi connectivity index (χ3n) is 5.05. The van der Waals surface area contributed by atoms with Crippen LogP contribution >= 0.6 is 0 Å². The Morgan fingerprint density at radius 2 is 1.55 bits per heavy atom. The Kier molecular flexibility index (Phi) is 5.84. The van der Waals surface area contributed by atoms with E-state index in [1.807, 2.05) is 31.2 Å². The molecule has 7 nitrogen and oxygen atoms in total. The Bertz CT molecular complexity index is 1140. The third-order valence-corrected chi connectivity index (χ3v) is 5.05. The van der Waals surface area contributed by atoms with Gasteiger partial charge in [-0.25, -0.2) is 0 Å². The van der Waals surface area contributed by atoms with Crippen LogP contribution in [-0.2, 0) is 4.79 Å². The maximum Gasteiger partial charge on any atom is 0.271 e. The van der Waals surface area contributed by atoms with Gasteiger partial charge in [0.15, 0.2) is 0 Å². The van der Waals surface area contributed by atoms with Crippen LogP contribution in [0.4, 0.5) is 5.69 Å². The maximum absolute atomic E-state index is 12.9. The molecule has 1 fully saturated rings. The molecule has 0 spiro atoms. The number of carbonyl (C=O) groups is 3. The van der Waals surface area contributed by atoms with Crippen molar-refractivity contribution in [3.05, 3.63) is 71.8 Å². The average Bonchev–Trinajstić information content (AvgIpc) is 3.63. The summed E-state index contributed by atoms with van der Waals surface area (Å²) in [5, 5.41) is 4.62. The number of anilines is 1. The van der Waals surface area contributed by atoms with E-state index in [9.17, 15) is 14.4 Å². The highest BCUT2D eigenvalue weighted by Gasteiger charge is 2.30. The van der Waals surface area contributed by atoms with Gasteiger partial charge in [-0.05, 0) is 66.9 Å². The first-order chi connectivity index (χ1) is 15.0. The average molecular weight is 417 g/mol. The van der Waals surface area contributed by atoms with Gasteiger partial charge >= 0.3 is 0 Å². The molecule has 1 aliphatic rings. The van der Waals surface area contributed by atoms with E-state index in [0.29, 0.717) is 23.6 Å². The van der Waals surface area contributed by atoms with Crippen LogP contribution in [0.1, 0.15) is 40.5 Å². The van der Waals surface area contributed by atoms with Crippen molar-refractivity contribution in [2.45, 2.75) is 19.8 Å². The SMILES string of the molecule is CCOc1ccc(C(=O)NNC(=O)c2cc3ccccc3cc2NC(=O)C2CC2)cc1. The third kappa shape index (κ3) is 4.83. The Labute approximate surface area is 179 Å². The number of rotatable bonds is 6. The molecule has 1 aliphatic carbocycles. The zero-order chi connectivity index (χ0) is 21.8. The highest BCUT2D eigenvalue weighted by atomic mass is 16.5. The van der Waals surface area contributed by atoms with E-state index >= 15 is 0 Å². The number of benzene rings is 3. The van der Waals surface area contributed by atoms with Crippen molar-refractivity contribution in [2.75, 3.05) is 11.9 Å². The summed E-state index contributed by atoms with van der Waals surface area (Å²) in [4.78, 5) is 37.5. The molecule has 3 amide bonds. The number of hydrogen-bond acceptors (Lipinski definition) is 4. The summed E-state index contributed by atoms with van der Waals surface area (Å²) in [5.74, 6) is -0.406. The minimum Gasteiger partial charge on any atom is -0.494 e. The lowest BCUT2D eigenvalue weighted by Gasteiger charge is -2.14. The van der Waals surface area contributed by atoms with Crippen LogP contribution in [0, 0.1) is 5.92 Å². The molecular weight excluding hydrogens is 394 g/mol. The Balaban J connectivity index is 1.50. The molecule has 0 aliphatic heterocycles. The second kappa shape index (κ2) is 8.87. The second-order valence-electron chi connectivity index (χ2n) is 7.37. The van der Waals surface area contributed by atoms with Crippen molar-refractivity contribution in [1.82, 2.24) is 10.9 Å². The standard InChI is InChI=1S/C24H23N3O4/c1-2-31-19-11-9-16(10-12-19)23(29)26-27-24(30)20-13-17-5-3-4-6-18(17)14-21(20)25-22(28)15-7-8-15/h3-6,9-15H,2,7-8H2,1H3,(H,25,28)(H,26,29)(H,27,30). The molecule has 3 N–H and O–H groups in total. The van der Waals surface area contributed by atoms with Gasteiger partial charge in [0.1, 0.15) is 5.75 Å². The minimum absolute atomic E-state index is 0.00161. The van der Waals surface area contributed by atoms with Crippen LogP contribution < -0.4 is 20.9 Å². The van der Waals surface area contributed by atoms with Gasteiger partial charge in [0.25, 0.3) is 11.8 Å². The van der Waals surface area contributed by atoms with Crippen molar-refractivity contribution in [2.24, 2.45) is 5.92 Å². The largest absolute Gasteiger partial charge is 0.494 e. The molecular formula is C24H23N3O4. The van der Waals surface area contributed by atoms with E-state index in [1.165, 1.54) is 0 Å². The fourth-order valence-corrected chi connectivity index (χ4v) is 3.23. The molecule has 7 heteroatoms. The monoisotopic (exact) mass is 417 g/mol. The normalized spacial score (nSPS) is 12.8. The van der Waals surface area contributed by atoms with Crippen LogP contribution in [0.25, 0.3) is 10.8 Å². The number of fused-ring (bicyclic) bond motifs is 1. The highest BCUT2D eigenvalue weighted by molar-refractivity contribution is 6.09. The van der Waals surface area contributed by atoms with E-state index in [-0.39, 0.29) is 17.4 Å². The van der Waals surface area contributed by atoms with E-state index in [4.69, 9.17) is 4.74 Å². The fourth-order valence-electron chi connectivity index (χ4n) is 3.23. The summed E-state index contributed by atoms with van der Waals surface area (Å²) in [6, 6.07) is 17.7. The van der Waals surface area contributed by atoms with Gasteiger partial charge in [-0.15, -0.1) is 0 Å². The van der Waals surface area contributed by atoms with Crippen LogP contribution in [0.15, 0.2) is 60.7 Å². The van der Waals surface area contributed by atoms with E-state index in [2.05, 4.69) is 16.2 Å². The lowest BCUT2D eigenvalue weighted by molar-refractivity contribution is -0.117. The van der Waals surface area contributed by atoms with E-state index in [1.54, 1.807) is 36.4 Å². The fraction of sp³-hybridized carbons (Fsp3) is 0.208. The summed E-state index contributed by atoms with van der Waals surface area (Å²) in [6.45, 7) is 2.41. The van der Waals surface area contributed by atoms with Crippen molar-refractivity contribution in [3.63, 3.8) is 0 Å². The number of carbonyl (C=O) groups excluding carboxylic acids is 3. The molecule has 0 unspecified atom stereocenters. The van der Waals surface area contributed by atoms with Gasteiger partial charge in [-0.1, -0.05) is 24.3 Å². The Morgan fingerprint density at radius 3 is 2.19 bits per heavy atom. The molecule has 0 heterocycles. The number of nitrogens with one attached hydrogen (secondary N) is 3. The molecule has 0 aromatic heterocycles. The molecule has 3 aromatic rings. The topological polar surface area (TPSA) is 96.5 Å². The maximum atomic E-state index is 12.9. The smallest absolute Gasteiger partial charge is 0.271 e. The molecule has 0 bridgehead atoms. The number of amides is 3. The van der Waals surface area contributed by atoms with Crippen molar-refractivity contribution in [3.8, 4) is 5.75 Å². The molecule has 4 rings (SSSR count). The number of hydrogen-bond donors (Lipinski definition) is 3. The summed E-state index contributed by atoms with van der Waals surface area (Å²) in [7, 11) is 0. The van der Waals surface area contributed by atoms with Crippen LogP contribution in [0.5, 0.6) is 5.75 Å². The van der Waals surface area contributed by atoms with Gasteiger partial charge in [-0.3, -0.25) is 25.2 Å². The highest BCUT2D eigenvalue weighted by Crippen LogP contribution is 2.32. The lowest BCUT2D eigenvalue weighted by atomic mass is 10.0. The zero-order valence-corrected chi connectivity index (χ0v) is 17.1. The molecule has 1 saturated carbocycles. The molecule has 0 atom stereocenters. The van der Waals surface area contributed by atoms with Gasteiger partial charge in [0, 0.05) is 11.5 Å². The van der Waals surface area contributed by atoms with Crippen LogP contribution in [0.2, 0.25) is 0 Å². The molecule has 0 radical (unpaired) electrons. The van der Waals surface area contributed by atoms with Gasteiger partial charge < -0.3 is 10.1 Å². The van der Waals surface area contributed by atoms with Crippen LogP contribution in [0.3, 0.4) is 0 Å². The second-order valence-corrected chi connectivity index (χ2v) is 7.37.